The molecule has 2 saturated heterocycles. The van der Waals surface area contributed by atoms with E-state index in [2.05, 4.69) is 34.5 Å². The third kappa shape index (κ3) is 1.79. The second kappa shape index (κ2) is 4.36. The molecule has 96 valence electrons. The lowest BCUT2D eigenvalue weighted by Gasteiger charge is -2.25. The zero-order chi connectivity index (χ0) is 11.9. The van der Waals surface area contributed by atoms with Gasteiger partial charge in [-0.3, -0.25) is 4.90 Å². The molecule has 18 heavy (non-hydrogen) atoms. The highest BCUT2D eigenvalue weighted by molar-refractivity contribution is 5.33. The van der Waals surface area contributed by atoms with Crippen molar-refractivity contribution >= 4 is 0 Å². The van der Waals surface area contributed by atoms with Crippen molar-refractivity contribution in [3.05, 3.63) is 35.4 Å². The van der Waals surface area contributed by atoms with E-state index in [0.29, 0.717) is 0 Å². The third-order valence-corrected chi connectivity index (χ3v) is 5.17. The number of hydrogen-bond acceptors (Lipinski definition) is 2. The number of nitrogens with one attached hydrogen (secondary N) is 1. The molecule has 3 aliphatic rings. The van der Waals surface area contributed by atoms with E-state index >= 15 is 0 Å². The maximum atomic E-state index is 3.71. The van der Waals surface area contributed by atoms with Crippen LogP contribution in [0.15, 0.2) is 24.3 Å². The summed E-state index contributed by atoms with van der Waals surface area (Å²) >= 11 is 0. The second-order valence-corrected chi connectivity index (χ2v) is 6.25. The van der Waals surface area contributed by atoms with Crippen LogP contribution in [-0.4, -0.2) is 36.6 Å². The van der Waals surface area contributed by atoms with Gasteiger partial charge in [0.1, 0.15) is 0 Å². The molecule has 1 aromatic rings. The minimum atomic E-state index is 0.773. The summed E-state index contributed by atoms with van der Waals surface area (Å²) < 4.78 is 0. The van der Waals surface area contributed by atoms with Crippen molar-refractivity contribution in [2.24, 2.45) is 5.92 Å². The molecule has 0 bridgehead atoms. The van der Waals surface area contributed by atoms with E-state index in [9.17, 15) is 0 Å². The lowest BCUT2D eigenvalue weighted by Crippen LogP contribution is -2.41. The summed E-state index contributed by atoms with van der Waals surface area (Å²) in [5.74, 6) is 0.919. The lowest BCUT2D eigenvalue weighted by atomic mass is 9.94. The highest BCUT2D eigenvalue weighted by atomic mass is 15.2. The van der Waals surface area contributed by atoms with Crippen LogP contribution in [0.5, 0.6) is 0 Å². The van der Waals surface area contributed by atoms with Crippen LogP contribution in [0, 0.1) is 5.92 Å². The molecular weight excluding hydrogens is 220 g/mol. The number of fused-ring (bicyclic) bond motifs is 2. The second-order valence-electron chi connectivity index (χ2n) is 6.25. The standard InChI is InChI=1S/C16H22N2/c1-2-5-13-9-15(8-12(13)4-1)18-10-14-6-3-7-17-16(14)11-18/h1-2,4-5,14-17H,3,6-11H2/t14-,16+/m0/s1. The lowest BCUT2D eigenvalue weighted by molar-refractivity contribution is 0.239. The fraction of sp³-hybridized carbons (Fsp3) is 0.625. The average molecular weight is 242 g/mol. The van der Waals surface area contributed by atoms with E-state index in [1.807, 2.05) is 0 Å². The van der Waals surface area contributed by atoms with Crippen molar-refractivity contribution < 1.29 is 0 Å². The quantitative estimate of drug-likeness (QED) is 0.808. The normalized spacial score (nSPS) is 32.4. The maximum absolute atomic E-state index is 3.71. The molecule has 0 amide bonds. The maximum Gasteiger partial charge on any atom is 0.0235 e. The predicted molar refractivity (Wildman–Crippen MR) is 73.7 cm³/mol. The van der Waals surface area contributed by atoms with Gasteiger partial charge in [-0.2, -0.15) is 0 Å². The van der Waals surface area contributed by atoms with Crippen LogP contribution >= 0.6 is 0 Å². The minimum absolute atomic E-state index is 0.773. The summed E-state index contributed by atoms with van der Waals surface area (Å²) in [7, 11) is 0. The third-order valence-electron chi connectivity index (χ3n) is 5.17. The summed E-state index contributed by atoms with van der Waals surface area (Å²) in [5.41, 5.74) is 3.18. The Bertz CT molecular complexity index is 403. The van der Waals surface area contributed by atoms with Gasteiger partial charge in [-0.1, -0.05) is 24.3 Å². The molecule has 4 rings (SSSR count). The predicted octanol–water partition coefficient (Wildman–Crippen LogP) is 1.84. The molecule has 0 spiro atoms. The van der Waals surface area contributed by atoms with Crippen LogP contribution in [0.4, 0.5) is 0 Å². The van der Waals surface area contributed by atoms with Crippen LogP contribution in [0.1, 0.15) is 24.0 Å². The summed E-state index contributed by atoms with van der Waals surface area (Å²) in [6, 6.07) is 10.6. The van der Waals surface area contributed by atoms with Crippen LogP contribution in [0.2, 0.25) is 0 Å². The van der Waals surface area contributed by atoms with Gasteiger partial charge in [-0.05, 0) is 49.3 Å². The average Bonchev–Trinajstić information content (AvgIpc) is 3.02. The molecular formula is C16H22N2. The van der Waals surface area contributed by atoms with Crippen molar-refractivity contribution in [3.8, 4) is 0 Å². The zero-order valence-electron chi connectivity index (χ0n) is 10.9. The molecule has 0 radical (unpaired) electrons. The summed E-state index contributed by atoms with van der Waals surface area (Å²) in [6.45, 7) is 3.85. The first-order valence-electron chi connectivity index (χ1n) is 7.44. The van der Waals surface area contributed by atoms with Crippen LogP contribution in [0.3, 0.4) is 0 Å². The van der Waals surface area contributed by atoms with Gasteiger partial charge >= 0.3 is 0 Å². The molecule has 1 aliphatic carbocycles. The zero-order valence-corrected chi connectivity index (χ0v) is 10.9. The van der Waals surface area contributed by atoms with E-state index < -0.39 is 0 Å². The molecule has 1 aromatic carbocycles. The van der Waals surface area contributed by atoms with Crippen molar-refractivity contribution in [3.63, 3.8) is 0 Å². The fourth-order valence-electron chi connectivity index (χ4n) is 4.17. The summed E-state index contributed by atoms with van der Waals surface area (Å²) in [5, 5.41) is 3.71. The van der Waals surface area contributed by atoms with Gasteiger partial charge in [0.2, 0.25) is 0 Å². The van der Waals surface area contributed by atoms with Crippen molar-refractivity contribution in [1.29, 1.82) is 0 Å². The fourth-order valence-corrected chi connectivity index (χ4v) is 4.17. The smallest absolute Gasteiger partial charge is 0.0235 e. The van der Waals surface area contributed by atoms with E-state index in [0.717, 1.165) is 18.0 Å². The first-order valence-corrected chi connectivity index (χ1v) is 7.44. The minimum Gasteiger partial charge on any atom is -0.312 e. The molecule has 0 unspecified atom stereocenters. The Morgan fingerprint density at radius 1 is 1.06 bits per heavy atom. The first kappa shape index (κ1) is 11.0. The SMILES string of the molecule is c1ccc2c(c1)CC(N1C[C@@H]3CCCN[C@@H]3C1)C2. The van der Waals surface area contributed by atoms with E-state index in [1.165, 1.54) is 45.3 Å². The Hall–Kier alpha value is -0.860. The summed E-state index contributed by atoms with van der Waals surface area (Å²) in [4.78, 5) is 2.76. The molecule has 0 saturated carbocycles. The van der Waals surface area contributed by atoms with Gasteiger partial charge in [-0.25, -0.2) is 0 Å². The molecule has 2 atom stereocenters. The number of nitrogens with zero attached hydrogens (tertiary/aromatic N) is 1. The molecule has 0 aromatic heterocycles. The Balaban J connectivity index is 1.47. The Kier molecular flexibility index (Phi) is 2.66. The number of hydrogen-bond donors (Lipinski definition) is 1. The van der Waals surface area contributed by atoms with Gasteiger partial charge < -0.3 is 5.32 Å². The summed E-state index contributed by atoms with van der Waals surface area (Å²) in [6.07, 6.45) is 5.36. The topological polar surface area (TPSA) is 15.3 Å². The van der Waals surface area contributed by atoms with Crippen LogP contribution in [0.25, 0.3) is 0 Å². The van der Waals surface area contributed by atoms with Crippen molar-refractivity contribution in [2.75, 3.05) is 19.6 Å². The van der Waals surface area contributed by atoms with Crippen molar-refractivity contribution in [2.45, 2.75) is 37.8 Å². The Labute approximate surface area is 109 Å². The number of rotatable bonds is 1. The molecule has 1 N–H and O–H groups in total. The van der Waals surface area contributed by atoms with E-state index in [-0.39, 0.29) is 0 Å². The monoisotopic (exact) mass is 242 g/mol. The van der Waals surface area contributed by atoms with E-state index in [4.69, 9.17) is 0 Å². The highest BCUT2D eigenvalue weighted by Crippen LogP contribution is 2.31. The Morgan fingerprint density at radius 2 is 1.83 bits per heavy atom. The number of piperidine rings is 1. The van der Waals surface area contributed by atoms with Gasteiger partial charge in [-0.15, -0.1) is 0 Å². The van der Waals surface area contributed by atoms with Crippen LogP contribution < -0.4 is 5.32 Å². The largest absolute Gasteiger partial charge is 0.312 e. The highest BCUT2D eigenvalue weighted by Gasteiger charge is 2.38. The molecule has 2 aliphatic heterocycles. The van der Waals surface area contributed by atoms with Gasteiger partial charge in [0.05, 0.1) is 0 Å². The molecule has 2 heteroatoms. The van der Waals surface area contributed by atoms with Gasteiger partial charge in [0, 0.05) is 25.2 Å². The van der Waals surface area contributed by atoms with Gasteiger partial charge in [0.15, 0.2) is 0 Å². The first-order chi connectivity index (χ1) is 8.90. The van der Waals surface area contributed by atoms with Gasteiger partial charge in [0.25, 0.3) is 0 Å². The molecule has 2 fully saturated rings. The molecule has 2 nitrogen and oxygen atoms in total. The van der Waals surface area contributed by atoms with E-state index in [1.54, 1.807) is 11.1 Å². The number of benzene rings is 1. The number of likely N-dealkylation sites (tertiary alicyclic amines) is 1. The van der Waals surface area contributed by atoms with Crippen LogP contribution in [-0.2, 0) is 12.8 Å². The Morgan fingerprint density at radius 3 is 2.56 bits per heavy atom. The molecule has 2 heterocycles. The van der Waals surface area contributed by atoms with Crippen molar-refractivity contribution in [1.82, 2.24) is 10.2 Å².